The summed E-state index contributed by atoms with van der Waals surface area (Å²) >= 11 is 0. The Balaban J connectivity index is 5.25. The maximum atomic E-state index is 13.1. The quantitative estimate of drug-likeness (QED) is 0.0222. The van der Waals surface area contributed by atoms with Crippen LogP contribution in [0.25, 0.3) is 0 Å². The van der Waals surface area contributed by atoms with Gasteiger partial charge in [-0.2, -0.15) is 0 Å². The molecule has 0 aliphatic heterocycles. The molecular weight excluding hydrogens is 1280 g/mol. The Hall–Kier alpha value is -1.94. The van der Waals surface area contributed by atoms with Gasteiger partial charge in [0, 0.05) is 25.7 Å². The lowest BCUT2D eigenvalue weighted by Gasteiger charge is -2.21. The summed E-state index contributed by atoms with van der Waals surface area (Å²) in [7, 11) is -9.92. The van der Waals surface area contributed by atoms with Crippen molar-refractivity contribution in [2.45, 2.75) is 432 Å². The van der Waals surface area contributed by atoms with Crippen LogP contribution < -0.4 is 0 Å². The van der Waals surface area contributed by atoms with Gasteiger partial charge >= 0.3 is 39.5 Å². The zero-order valence-electron chi connectivity index (χ0n) is 64.1. The molecular formula is C79H154O17P2. The van der Waals surface area contributed by atoms with E-state index in [-0.39, 0.29) is 25.7 Å². The molecule has 0 aliphatic carbocycles. The monoisotopic (exact) mass is 1440 g/mol. The van der Waals surface area contributed by atoms with Gasteiger partial charge in [0.25, 0.3) is 0 Å². The third-order valence-corrected chi connectivity index (χ3v) is 21.1. The van der Waals surface area contributed by atoms with E-state index in [4.69, 9.17) is 37.0 Å². The van der Waals surface area contributed by atoms with Crippen LogP contribution in [0.15, 0.2) is 0 Å². The fourth-order valence-corrected chi connectivity index (χ4v) is 13.7. The third kappa shape index (κ3) is 69.8. The standard InChI is InChI=1S/C79H154O17P2/c1-7-11-13-15-17-19-21-23-25-30-34-38-42-49-55-61-76(81)89-67-74(95-78(83)63-58-52-44-40-36-32-28-27-29-33-37-41-47-53-59-71(5)9-3)69-93-97(85,86)91-65-73(80)66-92-98(87,88)94-70-75(68-90-77(82)62-56-50-46-45-48-54-60-72(6)10-4)96-79(84)64-57-51-43-39-35-31-26-24-22-20-18-16-14-12-8-2/h71-75,80H,7-70H2,1-6H3,(H,85,86)(H,87,88)/t71?,72?,73-,74-,75-/m1/s1. The molecule has 0 spiro atoms. The van der Waals surface area contributed by atoms with Gasteiger partial charge in [0.05, 0.1) is 26.4 Å². The maximum absolute atomic E-state index is 13.1. The molecule has 98 heavy (non-hydrogen) atoms. The fourth-order valence-electron chi connectivity index (χ4n) is 12.1. The van der Waals surface area contributed by atoms with Gasteiger partial charge in [0.2, 0.25) is 0 Å². The highest BCUT2D eigenvalue weighted by molar-refractivity contribution is 7.47. The van der Waals surface area contributed by atoms with Crippen LogP contribution in [0.1, 0.15) is 414 Å². The summed E-state index contributed by atoms with van der Waals surface area (Å²) in [5, 5.41) is 10.6. The van der Waals surface area contributed by atoms with Crippen LogP contribution in [0.4, 0.5) is 0 Å². The van der Waals surface area contributed by atoms with Crippen LogP contribution in [-0.4, -0.2) is 96.7 Å². The largest absolute Gasteiger partial charge is 0.472 e. The Kier molecular flexibility index (Phi) is 69.3. The van der Waals surface area contributed by atoms with E-state index in [2.05, 4.69) is 41.5 Å². The molecule has 0 saturated heterocycles. The highest BCUT2D eigenvalue weighted by atomic mass is 31.2. The molecule has 0 heterocycles. The van der Waals surface area contributed by atoms with E-state index in [1.54, 1.807) is 0 Å². The SMILES string of the molecule is CCCCCCCCCCCCCCCCCC(=O)OC[C@H](COP(=O)(O)OC[C@@H](O)COP(=O)(O)OC[C@@H](COC(=O)CCCCCCCCC(C)CC)OC(=O)CCCCCCCCCCCCCCCCC)OC(=O)CCCCCCCCCCCCCCCCC(C)CC. The molecule has 0 aromatic carbocycles. The van der Waals surface area contributed by atoms with Crippen molar-refractivity contribution in [3.63, 3.8) is 0 Å². The number of aliphatic hydroxyl groups is 1. The predicted octanol–water partition coefficient (Wildman–Crippen LogP) is 23.5. The number of carbonyl (C=O) groups is 4. The molecule has 0 radical (unpaired) electrons. The summed E-state index contributed by atoms with van der Waals surface area (Å²) < 4.78 is 68.7. The molecule has 0 bridgehead atoms. The minimum absolute atomic E-state index is 0.107. The number of unbranched alkanes of at least 4 members (excludes halogenated alkanes) is 46. The predicted molar refractivity (Wildman–Crippen MR) is 400 cm³/mol. The van der Waals surface area contributed by atoms with Crippen LogP contribution in [0.3, 0.4) is 0 Å². The molecule has 0 rings (SSSR count). The summed E-state index contributed by atoms with van der Waals surface area (Å²) in [5.41, 5.74) is 0. The number of phosphoric acid groups is 2. The summed E-state index contributed by atoms with van der Waals surface area (Å²) in [4.78, 5) is 73.0. The zero-order chi connectivity index (χ0) is 72.1. The van der Waals surface area contributed by atoms with Crippen molar-refractivity contribution in [2.75, 3.05) is 39.6 Å². The van der Waals surface area contributed by atoms with E-state index in [1.165, 1.54) is 225 Å². The van der Waals surface area contributed by atoms with Crippen LogP contribution in [0, 0.1) is 11.8 Å². The number of rotatable bonds is 78. The first kappa shape index (κ1) is 96.1. The molecule has 4 unspecified atom stereocenters. The lowest BCUT2D eigenvalue weighted by Crippen LogP contribution is -2.30. The van der Waals surface area contributed by atoms with Crippen molar-refractivity contribution in [3.8, 4) is 0 Å². The number of phosphoric ester groups is 2. The Morgan fingerprint density at radius 2 is 0.490 bits per heavy atom. The molecule has 0 amide bonds. The van der Waals surface area contributed by atoms with Crippen LogP contribution >= 0.6 is 15.6 Å². The molecule has 0 aliphatic rings. The van der Waals surface area contributed by atoms with E-state index in [0.717, 1.165) is 108 Å². The smallest absolute Gasteiger partial charge is 0.462 e. The average Bonchev–Trinajstić information content (AvgIpc) is 1.94. The normalized spacial score (nSPS) is 14.5. The number of ether oxygens (including phenoxy) is 4. The van der Waals surface area contributed by atoms with Crippen molar-refractivity contribution in [1.82, 2.24) is 0 Å². The third-order valence-electron chi connectivity index (χ3n) is 19.2. The van der Waals surface area contributed by atoms with Crippen molar-refractivity contribution in [3.05, 3.63) is 0 Å². The van der Waals surface area contributed by atoms with Crippen LogP contribution in [-0.2, 0) is 65.4 Å². The van der Waals surface area contributed by atoms with Gasteiger partial charge in [-0.1, -0.05) is 363 Å². The molecule has 19 heteroatoms. The number of aliphatic hydroxyl groups excluding tert-OH is 1. The number of hydrogen-bond acceptors (Lipinski definition) is 15. The molecule has 0 aromatic heterocycles. The Bertz CT molecular complexity index is 1890. The minimum Gasteiger partial charge on any atom is -0.462 e. The molecule has 3 N–H and O–H groups in total. The molecule has 582 valence electrons. The van der Waals surface area contributed by atoms with Crippen LogP contribution in [0.5, 0.6) is 0 Å². The van der Waals surface area contributed by atoms with Crippen molar-refractivity contribution in [2.24, 2.45) is 11.8 Å². The van der Waals surface area contributed by atoms with Gasteiger partial charge < -0.3 is 33.8 Å². The minimum atomic E-state index is -4.96. The number of esters is 4. The number of carbonyl (C=O) groups excluding carboxylic acids is 4. The fraction of sp³-hybridized carbons (Fsp3) is 0.949. The molecule has 0 saturated carbocycles. The summed E-state index contributed by atoms with van der Waals surface area (Å²) in [6.45, 7) is 9.64. The lowest BCUT2D eigenvalue weighted by atomic mass is 9.99. The summed E-state index contributed by atoms with van der Waals surface area (Å²) in [6, 6.07) is 0. The topological polar surface area (TPSA) is 237 Å². The Morgan fingerprint density at radius 3 is 0.724 bits per heavy atom. The van der Waals surface area contributed by atoms with Gasteiger partial charge in [-0.25, -0.2) is 9.13 Å². The van der Waals surface area contributed by atoms with Crippen molar-refractivity contribution < 1.29 is 80.2 Å². The van der Waals surface area contributed by atoms with Gasteiger partial charge in [-0.05, 0) is 37.5 Å². The summed E-state index contributed by atoms with van der Waals surface area (Å²) in [5.74, 6) is -0.533. The van der Waals surface area contributed by atoms with E-state index >= 15 is 0 Å². The Labute approximate surface area is 600 Å². The van der Waals surface area contributed by atoms with Crippen molar-refractivity contribution >= 4 is 39.5 Å². The van der Waals surface area contributed by atoms with Crippen LogP contribution in [0.2, 0.25) is 0 Å². The maximum Gasteiger partial charge on any atom is 0.472 e. The van der Waals surface area contributed by atoms with E-state index in [0.29, 0.717) is 25.7 Å². The molecule has 7 atom stereocenters. The first-order valence-electron chi connectivity index (χ1n) is 41.1. The van der Waals surface area contributed by atoms with Gasteiger partial charge in [0.1, 0.15) is 19.3 Å². The highest BCUT2D eigenvalue weighted by Gasteiger charge is 2.30. The van der Waals surface area contributed by atoms with E-state index in [1.807, 2.05) is 0 Å². The molecule has 0 fully saturated rings. The first-order chi connectivity index (χ1) is 47.4. The second kappa shape index (κ2) is 70.7. The Morgan fingerprint density at radius 1 is 0.286 bits per heavy atom. The van der Waals surface area contributed by atoms with Gasteiger partial charge in [0.15, 0.2) is 12.2 Å². The van der Waals surface area contributed by atoms with E-state index < -0.39 is 97.5 Å². The molecule has 0 aromatic rings. The summed E-state index contributed by atoms with van der Waals surface area (Å²) in [6.07, 6.45) is 59.5. The second-order valence-corrected chi connectivity index (χ2v) is 31.8. The lowest BCUT2D eigenvalue weighted by molar-refractivity contribution is -0.161. The molecule has 17 nitrogen and oxygen atoms in total. The number of hydrogen-bond donors (Lipinski definition) is 3. The second-order valence-electron chi connectivity index (χ2n) is 28.9. The first-order valence-corrected chi connectivity index (χ1v) is 44.1. The average molecular weight is 1440 g/mol. The van der Waals surface area contributed by atoms with Crippen molar-refractivity contribution in [1.29, 1.82) is 0 Å². The van der Waals surface area contributed by atoms with E-state index in [9.17, 15) is 43.2 Å². The van der Waals surface area contributed by atoms with Gasteiger partial charge in [-0.3, -0.25) is 37.3 Å². The highest BCUT2D eigenvalue weighted by Crippen LogP contribution is 2.45. The van der Waals surface area contributed by atoms with Gasteiger partial charge in [-0.15, -0.1) is 0 Å². The zero-order valence-corrected chi connectivity index (χ0v) is 65.9.